The fraction of sp³-hybridized carbons (Fsp3) is 0.857. The highest BCUT2D eigenvalue weighted by Crippen LogP contribution is 2.67. The van der Waals surface area contributed by atoms with E-state index in [1.807, 2.05) is 0 Å². The molecule has 4 rings (SSSR count). The van der Waals surface area contributed by atoms with Crippen LogP contribution in [0.2, 0.25) is 0 Å². The minimum absolute atomic E-state index is 0.0243. The van der Waals surface area contributed by atoms with Gasteiger partial charge in [-0.3, -0.25) is 9.59 Å². The summed E-state index contributed by atoms with van der Waals surface area (Å²) >= 11 is 0. The fourth-order valence-electron chi connectivity index (χ4n) is 8.27. The van der Waals surface area contributed by atoms with E-state index in [0.29, 0.717) is 55.6 Å². The number of hydrogen-bond donors (Lipinski definition) is 2. The molecule has 0 heterocycles. The van der Waals surface area contributed by atoms with E-state index < -0.39 is 17.1 Å². The molecule has 4 aliphatic rings. The zero-order valence-corrected chi connectivity index (χ0v) is 21.0. The Morgan fingerprint density at radius 1 is 1.06 bits per heavy atom. The Hall–Kier alpha value is -1.00. The molecule has 9 atom stereocenters. The lowest BCUT2D eigenvalue weighted by molar-refractivity contribution is -0.166. The van der Waals surface area contributed by atoms with Gasteiger partial charge in [0.25, 0.3) is 0 Å². The average molecular weight is 445 g/mol. The van der Waals surface area contributed by atoms with Crippen molar-refractivity contribution in [2.24, 2.45) is 46.3 Å². The van der Waals surface area contributed by atoms with Gasteiger partial charge in [0, 0.05) is 23.7 Å². The SMILES string of the molecule is CC(C)C(C)C(=O)C[C@@H](C)[C@H]1CC[C@H]2C3=CC(=O)C4C[C@@H](O)CC[C@]4(C)[C@@]3(O)CC[C@]12C. The van der Waals surface area contributed by atoms with Crippen LogP contribution in [0.1, 0.15) is 92.9 Å². The molecule has 4 heteroatoms. The zero-order chi connectivity index (χ0) is 23.6. The normalized spacial score (nSPS) is 45.5. The first-order valence-corrected chi connectivity index (χ1v) is 13.0. The topological polar surface area (TPSA) is 74.6 Å². The van der Waals surface area contributed by atoms with Crippen LogP contribution >= 0.6 is 0 Å². The van der Waals surface area contributed by atoms with Gasteiger partial charge in [-0.15, -0.1) is 0 Å². The Balaban J connectivity index is 1.61. The van der Waals surface area contributed by atoms with Crippen molar-refractivity contribution in [2.75, 3.05) is 0 Å². The molecule has 0 radical (unpaired) electrons. The molecule has 2 unspecified atom stereocenters. The van der Waals surface area contributed by atoms with Gasteiger partial charge in [-0.1, -0.05) is 41.5 Å². The molecule has 0 bridgehead atoms. The van der Waals surface area contributed by atoms with Gasteiger partial charge in [-0.25, -0.2) is 0 Å². The van der Waals surface area contributed by atoms with Crippen LogP contribution in [0.15, 0.2) is 11.6 Å². The summed E-state index contributed by atoms with van der Waals surface area (Å²) in [5.74, 6) is 1.62. The van der Waals surface area contributed by atoms with Crippen LogP contribution in [0.3, 0.4) is 0 Å². The van der Waals surface area contributed by atoms with Crippen LogP contribution in [-0.4, -0.2) is 33.5 Å². The Morgan fingerprint density at radius 2 is 1.75 bits per heavy atom. The largest absolute Gasteiger partial charge is 0.393 e. The monoisotopic (exact) mass is 444 g/mol. The second-order valence-corrected chi connectivity index (χ2v) is 12.7. The second kappa shape index (κ2) is 8.05. The number of Topliss-reactive ketones (excluding diaryl/α,β-unsaturated/α-hetero) is 1. The highest BCUT2D eigenvalue weighted by Gasteiger charge is 2.66. The van der Waals surface area contributed by atoms with Gasteiger partial charge < -0.3 is 10.2 Å². The molecule has 2 N–H and O–H groups in total. The van der Waals surface area contributed by atoms with Gasteiger partial charge in [0.2, 0.25) is 0 Å². The number of carbonyl (C=O) groups excluding carboxylic acids is 2. The molecule has 0 aromatic rings. The molecule has 0 saturated heterocycles. The first kappa shape index (κ1) is 24.1. The molecule has 3 fully saturated rings. The molecule has 180 valence electrons. The average Bonchev–Trinajstić information content (AvgIpc) is 3.08. The fourth-order valence-corrected chi connectivity index (χ4v) is 8.27. The van der Waals surface area contributed by atoms with Crippen LogP contribution in [0, 0.1) is 46.3 Å². The van der Waals surface area contributed by atoms with Crippen molar-refractivity contribution in [3.8, 4) is 0 Å². The van der Waals surface area contributed by atoms with Crippen LogP contribution in [0.25, 0.3) is 0 Å². The number of carbonyl (C=O) groups is 2. The summed E-state index contributed by atoms with van der Waals surface area (Å²) in [6.45, 7) is 13.0. The Morgan fingerprint density at radius 3 is 2.41 bits per heavy atom. The van der Waals surface area contributed by atoms with Crippen molar-refractivity contribution in [3.63, 3.8) is 0 Å². The van der Waals surface area contributed by atoms with Gasteiger partial charge in [0.05, 0.1) is 11.7 Å². The van der Waals surface area contributed by atoms with Gasteiger partial charge >= 0.3 is 0 Å². The maximum atomic E-state index is 13.2. The summed E-state index contributed by atoms with van der Waals surface area (Å²) in [7, 11) is 0. The number of allylic oxidation sites excluding steroid dienone is 1. The Labute approximate surface area is 194 Å². The summed E-state index contributed by atoms with van der Waals surface area (Å²) < 4.78 is 0. The molecular formula is C28H44O4. The predicted octanol–water partition coefficient (Wildman–Crippen LogP) is 5.11. The number of hydrogen-bond acceptors (Lipinski definition) is 4. The van der Waals surface area contributed by atoms with Gasteiger partial charge in [-0.05, 0) is 85.7 Å². The molecular weight excluding hydrogens is 400 g/mol. The van der Waals surface area contributed by atoms with E-state index in [-0.39, 0.29) is 29.0 Å². The van der Waals surface area contributed by atoms with Crippen molar-refractivity contribution >= 4 is 11.6 Å². The molecule has 0 amide bonds. The first-order valence-electron chi connectivity index (χ1n) is 13.0. The highest BCUT2D eigenvalue weighted by molar-refractivity contribution is 5.95. The van der Waals surface area contributed by atoms with Crippen LogP contribution in [0.5, 0.6) is 0 Å². The number of ketones is 2. The quantitative estimate of drug-likeness (QED) is 0.618. The summed E-state index contributed by atoms with van der Waals surface area (Å²) in [5, 5.41) is 22.4. The van der Waals surface area contributed by atoms with Crippen molar-refractivity contribution in [3.05, 3.63) is 11.6 Å². The standard InChI is InChI=1S/C28H44O4/c1-16(2)18(4)24(30)13-17(3)20-7-8-21-22-15-25(31)23-14-19(29)9-10-27(23,6)28(22,32)12-11-26(20,21)5/h15-21,23,29,32H,7-14H2,1-6H3/t17-,18?,19+,20-,21+,23?,26-,27+,28-/m1/s1. The lowest BCUT2D eigenvalue weighted by Crippen LogP contribution is -2.63. The lowest BCUT2D eigenvalue weighted by atomic mass is 9.45. The van der Waals surface area contributed by atoms with Gasteiger partial charge in [0.15, 0.2) is 5.78 Å². The molecule has 32 heavy (non-hydrogen) atoms. The Bertz CT molecular complexity index is 814. The highest BCUT2D eigenvalue weighted by atomic mass is 16.3. The maximum absolute atomic E-state index is 13.2. The maximum Gasteiger partial charge on any atom is 0.159 e. The van der Waals surface area contributed by atoms with Crippen molar-refractivity contribution in [1.29, 1.82) is 0 Å². The van der Waals surface area contributed by atoms with Gasteiger partial charge in [-0.2, -0.15) is 0 Å². The predicted molar refractivity (Wildman–Crippen MR) is 126 cm³/mol. The van der Waals surface area contributed by atoms with Crippen LogP contribution < -0.4 is 0 Å². The van der Waals surface area contributed by atoms with Crippen molar-refractivity contribution in [2.45, 2.75) is 105 Å². The molecule has 0 aliphatic heterocycles. The molecule has 0 spiro atoms. The summed E-state index contributed by atoms with van der Waals surface area (Å²) in [6, 6.07) is 0. The van der Waals surface area contributed by atoms with Crippen LogP contribution in [0.4, 0.5) is 0 Å². The van der Waals surface area contributed by atoms with Crippen molar-refractivity contribution in [1.82, 2.24) is 0 Å². The summed E-state index contributed by atoms with van der Waals surface area (Å²) in [4.78, 5) is 26.1. The lowest BCUT2D eigenvalue weighted by Gasteiger charge is -2.61. The third-order valence-electron chi connectivity index (χ3n) is 10.9. The van der Waals surface area contributed by atoms with E-state index in [0.717, 1.165) is 24.8 Å². The van der Waals surface area contributed by atoms with E-state index in [2.05, 4.69) is 41.5 Å². The molecule has 0 aromatic heterocycles. The van der Waals surface area contributed by atoms with E-state index in [9.17, 15) is 19.8 Å². The second-order valence-electron chi connectivity index (χ2n) is 12.7. The zero-order valence-electron chi connectivity index (χ0n) is 21.0. The summed E-state index contributed by atoms with van der Waals surface area (Å²) in [6.07, 6.45) is 7.48. The number of fused-ring (bicyclic) bond motifs is 5. The smallest absolute Gasteiger partial charge is 0.159 e. The molecule has 3 saturated carbocycles. The van der Waals surface area contributed by atoms with Gasteiger partial charge in [0.1, 0.15) is 5.78 Å². The Kier molecular flexibility index (Phi) is 6.07. The third-order valence-corrected chi connectivity index (χ3v) is 10.9. The minimum atomic E-state index is -0.948. The van der Waals surface area contributed by atoms with E-state index in [4.69, 9.17) is 0 Å². The minimum Gasteiger partial charge on any atom is -0.393 e. The number of rotatable bonds is 5. The van der Waals surface area contributed by atoms with E-state index >= 15 is 0 Å². The third kappa shape index (κ3) is 3.38. The van der Waals surface area contributed by atoms with Crippen LogP contribution in [-0.2, 0) is 9.59 Å². The van der Waals surface area contributed by atoms with Crippen molar-refractivity contribution < 1.29 is 19.8 Å². The number of aliphatic hydroxyl groups is 2. The number of aliphatic hydroxyl groups excluding tert-OH is 1. The molecule has 0 aromatic carbocycles. The first-order chi connectivity index (χ1) is 14.8. The molecule has 4 nitrogen and oxygen atoms in total. The van der Waals surface area contributed by atoms with E-state index in [1.54, 1.807) is 6.08 Å². The van der Waals surface area contributed by atoms with E-state index in [1.165, 1.54) is 0 Å². The molecule has 4 aliphatic carbocycles. The summed E-state index contributed by atoms with van der Waals surface area (Å²) in [5.41, 5.74) is -0.434.